The van der Waals surface area contributed by atoms with Crippen molar-refractivity contribution >= 4 is 37.3 Å². The molecule has 10 heteroatoms. The van der Waals surface area contributed by atoms with Gasteiger partial charge in [-0.2, -0.15) is 8.42 Å². The van der Waals surface area contributed by atoms with Crippen molar-refractivity contribution in [2.75, 3.05) is 29.9 Å². The summed E-state index contributed by atoms with van der Waals surface area (Å²) in [5.74, 6) is -0.0402. The molecule has 0 radical (unpaired) electrons. The van der Waals surface area contributed by atoms with Gasteiger partial charge < -0.3 is 10.2 Å². The molecular formula is C18H17N3O5S2. The average Bonchev–Trinajstić information content (AvgIpc) is 2.92. The van der Waals surface area contributed by atoms with Crippen LogP contribution >= 0.6 is 0 Å². The first kappa shape index (κ1) is 18.6. The zero-order valence-electron chi connectivity index (χ0n) is 14.7. The van der Waals surface area contributed by atoms with Crippen LogP contribution in [0.5, 0.6) is 0 Å². The third-order valence-corrected chi connectivity index (χ3v) is 7.60. The first-order chi connectivity index (χ1) is 13.3. The molecule has 0 atom stereocenters. The van der Waals surface area contributed by atoms with Crippen LogP contribution in [0, 0.1) is 0 Å². The van der Waals surface area contributed by atoms with E-state index < -0.39 is 19.9 Å². The lowest BCUT2D eigenvalue weighted by Crippen LogP contribution is -2.43. The first-order valence-corrected chi connectivity index (χ1v) is 11.8. The molecule has 8 nitrogen and oxygen atoms in total. The summed E-state index contributed by atoms with van der Waals surface area (Å²) >= 11 is 0. The van der Waals surface area contributed by atoms with Crippen LogP contribution in [-0.4, -0.2) is 58.1 Å². The van der Waals surface area contributed by atoms with Gasteiger partial charge in [0.2, 0.25) is 0 Å². The molecule has 0 unspecified atom stereocenters. The SMILES string of the molecule is O=C(c1ccc(NC2=NS(=O)(=O)c3ccccc32)cc1)N1CCS(=O)(=O)CC1. The number of hydrogen-bond donors (Lipinski definition) is 1. The molecule has 0 spiro atoms. The lowest BCUT2D eigenvalue weighted by Gasteiger charge is -2.26. The molecule has 146 valence electrons. The maximum Gasteiger partial charge on any atom is 0.285 e. The number of hydrogen-bond acceptors (Lipinski definition) is 6. The van der Waals surface area contributed by atoms with Crippen molar-refractivity contribution in [1.82, 2.24) is 4.90 Å². The molecule has 0 aromatic heterocycles. The zero-order valence-corrected chi connectivity index (χ0v) is 16.3. The van der Waals surface area contributed by atoms with Gasteiger partial charge in [0.1, 0.15) is 4.90 Å². The van der Waals surface area contributed by atoms with Gasteiger partial charge in [0, 0.05) is 29.9 Å². The minimum atomic E-state index is -3.70. The molecule has 1 N–H and O–H groups in total. The van der Waals surface area contributed by atoms with E-state index >= 15 is 0 Å². The molecule has 1 amide bonds. The summed E-state index contributed by atoms with van der Waals surface area (Å²) < 4.78 is 51.0. The van der Waals surface area contributed by atoms with E-state index in [0.717, 1.165) is 0 Å². The summed E-state index contributed by atoms with van der Waals surface area (Å²) in [4.78, 5) is 14.2. The number of anilines is 1. The van der Waals surface area contributed by atoms with Crippen molar-refractivity contribution in [3.05, 3.63) is 59.7 Å². The van der Waals surface area contributed by atoms with Gasteiger partial charge >= 0.3 is 0 Å². The molecule has 0 aliphatic carbocycles. The molecule has 1 fully saturated rings. The van der Waals surface area contributed by atoms with E-state index in [1.807, 2.05) is 0 Å². The number of fused-ring (bicyclic) bond motifs is 1. The normalized spacial score (nSPS) is 19.6. The molecule has 1 saturated heterocycles. The second-order valence-electron chi connectivity index (χ2n) is 6.56. The maximum absolute atomic E-state index is 12.5. The molecular weight excluding hydrogens is 402 g/mol. The first-order valence-electron chi connectivity index (χ1n) is 8.56. The Labute approximate surface area is 162 Å². The Kier molecular flexibility index (Phi) is 4.47. The number of benzene rings is 2. The molecule has 0 bridgehead atoms. The van der Waals surface area contributed by atoms with Crippen LogP contribution in [0.3, 0.4) is 0 Å². The Morgan fingerprint density at radius 2 is 1.57 bits per heavy atom. The van der Waals surface area contributed by atoms with Gasteiger partial charge in [0.05, 0.1) is 11.5 Å². The predicted octanol–water partition coefficient (Wildman–Crippen LogP) is 1.12. The maximum atomic E-state index is 12.5. The molecule has 0 saturated carbocycles. The van der Waals surface area contributed by atoms with Gasteiger partial charge in [-0.1, -0.05) is 12.1 Å². The summed E-state index contributed by atoms with van der Waals surface area (Å²) in [6, 6.07) is 13.1. The van der Waals surface area contributed by atoms with Gasteiger partial charge in [0.25, 0.3) is 15.9 Å². The van der Waals surface area contributed by atoms with Crippen LogP contribution in [0.1, 0.15) is 15.9 Å². The summed E-state index contributed by atoms with van der Waals surface area (Å²) in [5, 5.41) is 2.98. The molecule has 4 rings (SSSR count). The highest BCUT2D eigenvalue weighted by Crippen LogP contribution is 2.26. The molecule has 28 heavy (non-hydrogen) atoms. The van der Waals surface area contributed by atoms with Gasteiger partial charge in [-0.25, -0.2) is 8.42 Å². The quantitative estimate of drug-likeness (QED) is 0.780. The number of sulfonamides is 1. The highest BCUT2D eigenvalue weighted by Gasteiger charge is 2.29. The summed E-state index contributed by atoms with van der Waals surface area (Å²) in [5.41, 5.74) is 1.52. The van der Waals surface area contributed by atoms with Crippen molar-refractivity contribution < 1.29 is 21.6 Å². The molecule has 2 aromatic rings. The van der Waals surface area contributed by atoms with Crippen molar-refractivity contribution in [2.24, 2.45) is 4.40 Å². The van der Waals surface area contributed by atoms with Gasteiger partial charge in [-0.15, -0.1) is 4.40 Å². The van der Waals surface area contributed by atoms with Crippen LogP contribution in [0.15, 0.2) is 57.8 Å². The average molecular weight is 419 g/mol. The highest BCUT2D eigenvalue weighted by atomic mass is 32.2. The Bertz CT molecular complexity index is 1170. The standard InChI is InChI=1S/C18H17N3O5S2/c22-18(21-9-11-27(23,24)12-10-21)13-5-7-14(8-6-13)19-17-15-3-1-2-4-16(15)28(25,26)20-17/h1-8H,9-12H2,(H,19,20). The van der Waals surface area contributed by atoms with E-state index in [9.17, 15) is 21.6 Å². The number of amides is 1. The fourth-order valence-corrected chi connectivity index (χ4v) is 5.50. The van der Waals surface area contributed by atoms with E-state index in [-0.39, 0.29) is 41.2 Å². The fraction of sp³-hybridized carbons (Fsp3) is 0.222. The fourth-order valence-electron chi connectivity index (χ4n) is 3.13. The highest BCUT2D eigenvalue weighted by molar-refractivity contribution is 7.91. The van der Waals surface area contributed by atoms with E-state index in [0.29, 0.717) is 16.8 Å². The number of carbonyl (C=O) groups excluding carboxylic acids is 1. The number of carbonyl (C=O) groups is 1. The van der Waals surface area contributed by atoms with Gasteiger partial charge in [-0.05, 0) is 36.4 Å². The minimum Gasteiger partial charge on any atom is -0.339 e. The predicted molar refractivity (Wildman–Crippen MR) is 105 cm³/mol. The Balaban J connectivity index is 1.50. The van der Waals surface area contributed by atoms with Crippen LogP contribution in [0.4, 0.5) is 5.69 Å². The lowest BCUT2D eigenvalue weighted by atomic mass is 10.1. The van der Waals surface area contributed by atoms with E-state index in [1.165, 1.54) is 11.0 Å². The number of amidine groups is 1. The second-order valence-corrected chi connectivity index (χ2v) is 10.4. The number of nitrogens with zero attached hydrogens (tertiary/aromatic N) is 2. The van der Waals surface area contributed by atoms with Crippen LogP contribution in [-0.2, 0) is 19.9 Å². The second kappa shape index (κ2) is 6.71. The minimum absolute atomic E-state index is 0.0217. The summed E-state index contributed by atoms with van der Waals surface area (Å²) in [7, 11) is -6.76. The van der Waals surface area contributed by atoms with Crippen molar-refractivity contribution in [2.45, 2.75) is 4.90 Å². The smallest absolute Gasteiger partial charge is 0.285 e. The topological polar surface area (TPSA) is 113 Å². The van der Waals surface area contributed by atoms with Crippen LogP contribution in [0.2, 0.25) is 0 Å². The monoisotopic (exact) mass is 419 g/mol. The van der Waals surface area contributed by atoms with Crippen molar-refractivity contribution in [1.29, 1.82) is 0 Å². The Morgan fingerprint density at radius 3 is 2.25 bits per heavy atom. The molecule has 2 aromatic carbocycles. The van der Waals surface area contributed by atoms with Crippen molar-refractivity contribution in [3.63, 3.8) is 0 Å². The number of rotatable bonds is 2. The van der Waals surface area contributed by atoms with Crippen molar-refractivity contribution in [3.8, 4) is 0 Å². The third-order valence-electron chi connectivity index (χ3n) is 4.66. The van der Waals surface area contributed by atoms with E-state index in [1.54, 1.807) is 42.5 Å². The Hall–Kier alpha value is -2.72. The molecule has 2 heterocycles. The van der Waals surface area contributed by atoms with E-state index in [4.69, 9.17) is 0 Å². The van der Waals surface area contributed by atoms with Gasteiger partial charge in [0.15, 0.2) is 15.7 Å². The third kappa shape index (κ3) is 3.52. The lowest BCUT2D eigenvalue weighted by molar-refractivity contribution is 0.0770. The molecule has 2 aliphatic rings. The number of sulfone groups is 1. The Morgan fingerprint density at radius 1 is 0.929 bits per heavy atom. The zero-order chi connectivity index (χ0) is 19.9. The van der Waals surface area contributed by atoms with Crippen LogP contribution in [0.25, 0.3) is 0 Å². The van der Waals surface area contributed by atoms with Gasteiger partial charge in [-0.3, -0.25) is 4.79 Å². The van der Waals surface area contributed by atoms with Crippen LogP contribution < -0.4 is 5.32 Å². The summed E-state index contributed by atoms with van der Waals surface area (Å²) in [6.45, 7) is 0.374. The van der Waals surface area contributed by atoms with E-state index in [2.05, 4.69) is 9.71 Å². The molecule has 2 aliphatic heterocycles. The largest absolute Gasteiger partial charge is 0.339 e. The summed E-state index contributed by atoms with van der Waals surface area (Å²) in [6.07, 6.45) is 0. The number of nitrogens with one attached hydrogen (secondary N) is 1.